The highest BCUT2D eigenvalue weighted by Gasteiger charge is 2.35. The van der Waals surface area contributed by atoms with Crippen molar-refractivity contribution in [1.29, 1.82) is 0 Å². The van der Waals surface area contributed by atoms with Crippen LogP contribution < -0.4 is 0 Å². The van der Waals surface area contributed by atoms with Gasteiger partial charge in [-0.05, 0) is 82.4 Å². The van der Waals surface area contributed by atoms with E-state index in [2.05, 4.69) is 112 Å². The van der Waals surface area contributed by atoms with E-state index in [0.29, 0.717) is 11.8 Å². The summed E-state index contributed by atoms with van der Waals surface area (Å²) in [5, 5.41) is 4.45. The summed E-state index contributed by atoms with van der Waals surface area (Å²) in [6.45, 7) is 7.02. The van der Waals surface area contributed by atoms with Crippen molar-refractivity contribution in [2.24, 2.45) is 5.92 Å². The normalized spacial score (nSPS) is 21.7. The first-order chi connectivity index (χ1) is 17.8. The molecule has 2 aliphatic rings. The van der Waals surface area contributed by atoms with E-state index in [9.17, 15) is 0 Å². The molecule has 0 spiro atoms. The second-order valence-electron chi connectivity index (χ2n) is 10.7. The zero-order valence-electron chi connectivity index (χ0n) is 21.0. The Balaban J connectivity index is 1.18. The molecule has 0 bridgehead atoms. The summed E-state index contributed by atoms with van der Waals surface area (Å²) in [6.07, 6.45) is 2.56. The third-order valence-electron chi connectivity index (χ3n) is 8.29. The minimum absolute atomic E-state index is 0.583. The van der Waals surface area contributed by atoms with E-state index in [1.807, 2.05) is 0 Å². The van der Waals surface area contributed by atoms with Crippen LogP contribution in [0, 0.1) is 5.92 Å². The molecule has 1 aromatic heterocycles. The summed E-state index contributed by atoms with van der Waals surface area (Å²) in [6, 6.07) is 33.8. The summed E-state index contributed by atoms with van der Waals surface area (Å²) < 4.78 is 0. The molecule has 0 radical (unpaired) electrons. The second kappa shape index (κ2) is 11.1. The summed E-state index contributed by atoms with van der Waals surface area (Å²) >= 11 is 1.78. The van der Waals surface area contributed by atoms with Crippen LogP contribution in [0.15, 0.2) is 102 Å². The largest absolute Gasteiger partial charge is 0.303 e. The smallest absolute Gasteiger partial charge is 0.0234 e. The van der Waals surface area contributed by atoms with E-state index in [1.165, 1.54) is 66.8 Å². The lowest BCUT2D eigenvalue weighted by Gasteiger charge is -2.35. The zero-order valence-corrected chi connectivity index (χ0v) is 21.8. The van der Waals surface area contributed by atoms with Crippen molar-refractivity contribution in [1.82, 2.24) is 9.80 Å². The summed E-state index contributed by atoms with van der Waals surface area (Å²) in [7, 11) is 0. The Bertz CT molecular complexity index is 1210. The highest BCUT2D eigenvalue weighted by molar-refractivity contribution is 7.08. The standard InChI is InChI=1S/C33H36N2S/c1-3-8-26(9-4-1)21-35-23-32(22-34-17-14-28(15-18-34)27-10-5-2-6-11-27)33(24-35)30-13-7-12-29(20-30)31-16-19-36-25-31/h1-13,16,19-20,25,28,32-33H,14-15,17-18,21-24H2/t32-,33+/m0/s1. The molecule has 2 fully saturated rings. The van der Waals surface area contributed by atoms with Crippen LogP contribution in [0.4, 0.5) is 0 Å². The van der Waals surface area contributed by atoms with Gasteiger partial charge in [0.15, 0.2) is 0 Å². The van der Waals surface area contributed by atoms with E-state index in [-0.39, 0.29) is 0 Å². The van der Waals surface area contributed by atoms with Crippen LogP contribution in [0.25, 0.3) is 11.1 Å². The van der Waals surface area contributed by atoms with Gasteiger partial charge in [0.25, 0.3) is 0 Å². The Morgan fingerprint density at radius 3 is 2.19 bits per heavy atom. The molecule has 0 amide bonds. The van der Waals surface area contributed by atoms with Gasteiger partial charge >= 0.3 is 0 Å². The Morgan fingerprint density at radius 2 is 1.44 bits per heavy atom. The molecule has 0 unspecified atom stereocenters. The molecule has 6 rings (SSSR count). The lowest BCUT2D eigenvalue weighted by molar-refractivity contribution is 0.177. The van der Waals surface area contributed by atoms with Crippen molar-refractivity contribution in [3.8, 4) is 11.1 Å². The zero-order chi connectivity index (χ0) is 24.2. The summed E-state index contributed by atoms with van der Waals surface area (Å²) in [5.41, 5.74) is 7.17. The van der Waals surface area contributed by atoms with Gasteiger partial charge in [0, 0.05) is 32.1 Å². The number of piperidine rings is 1. The molecule has 2 saturated heterocycles. The molecule has 0 saturated carbocycles. The van der Waals surface area contributed by atoms with Crippen molar-refractivity contribution in [3.05, 3.63) is 118 Å². The molecule has 4 aromatic rings. The first kappa shape index (κ1) is 23.7. The fourth-order valence-electron chi connectivity index (χ4n) is 6.38. The van der Waals surface area contributed by atoms with Gasteiger partial charge in [0.05, 0.1) is 0 Å². The van der Waals surface area contributed by atoms with Crippen LogP contribution in [0.2, 0.25) is 0 Å². The highest BCUT2D eigenvalue weighted by Crippen LogP contribution is 2.37. The van der Waals surface area contributed by atoms with Gasteiger partial charge in [-0.15, -0.1) is 0 Å². The van der Waals surface area contributed by atoms with Gasteiger partial charge in [-0.25, -0.2) is 0 Å². The molecular formula is C33H36N2S. The van der Waals surface area contributed by atoms with Gasteiger partial charge in [0.1, 0.15) is 0 Å². The summed E-state index contributed by atoms with van der Waals surface area (Å²) in [5.74, 6) is 1.97. The van der Waals surface area contributed by atoms with Crippen LogP contribution in [-0.4, -0.2) is 42.5 Å². The number of benzene rings is 3. The molecule has 3 heteroatoms. The van der Waals surface area contributed by atoms with E-state index < -0.39 is 0 Å². The first-order valence-corrected chi connectivity index (χ1v) is 14.4. The number of hydrogen-bond acceptors (Lipinski definition) is 3. The lowest BCUT2D eigenvalue weighted by atomic mass is 9.85. The number of likely N-dealkylation sites (tertiary alicyclic amines) is 2. The van der Waals surface area contributed by atoms with Gasteiger partial charge in [-0.3, -0.25) is 4.90 Å². The predicted octanol–water partition coefficient (Wildman–Crippen LogP) is 7.51. The molecular weight excluding hydrogens is 456 g/mol. The van der Waals surface area contributed by atoms with Gasteiger partial charge in [0.2, 0.25) is 0 Å². The second-order valence-corrected chi connectivity index (χ2v) is 11.4. The predicted molar refractivity (Wildman–Crippen MR) is 153 cm³/mol. The third-order valence-corrected chi connectivity index (χ3v) is 8.97. The lowest BCUT2D eigenvalue weighted by Crippen LogP contribution is -2.38. The fourth-order valence-corrected chi connectivity index (χ4v) is 7.04. The molecule has 0 N–H and O–H groups in total. The topological polar surface area (TPSA) is 6.48 Å². The van der Waals surface area contributed by atoms with Crippen molar-refractivity contribution in [3.63, 3.8) is 0 Å². The molecule has 0 aliphatic carbocycles. The first-order valence-electron chi connectivity index (χ1n) is 13.5. The van der Waals surface area contributed by atoms with Crippen LogP contribution in [0.1, 0.15) is 41.4 Å². The molecule has 2 aliphatic heterocycles. The summed E-state index contributed by atoms with van der Waals surface area (Å²) in [4.78, 5) is 5.45. The van der Waals surface area contributed by atoms with E-state index >= 15 is 0 Å². The number of hydrogen-bond donors (Lipinski definition) is 0. The van der Waals surface area contributed by atoms with E-state index in [4.69, 9.17) is 0 Å². The van der Waals surface area contributed by atoms with Gasteiger partial charge in [-0.2, -0.15) is 11.3 Å². The molecule has 3 heterocycles. The van der Waals surface area contributed by atoms with Crippen LogP contribution in [0.3, 0.4) is 0 Å². The Labute approximate surface area is 220 Å². The van der Waals surface area contributed by atoms with Crippen molar-refractivity contribution in [2.75, 3.05) is 32.7 Å². The van der Waals surface area contributed by atoms with E-state index in [0.717, 1.165) is 19.0 Å². The van der Waals surface area contributed by atoms with E-state index in [1.54, 1.807) is 11.3 Å². The third kappa shape index (κ3) is 5.49. The molecule has 2 nitrogen and oxygen atoms in total. The average Bonchev–Trinajstić information content (AvgIpc) is 3.61. The minimum atomic E-state index is 0.583. The number of thiophene rings is 1. The average molecular weight is 493 g/mol. The van der Waals surface area contributed by atoms with Crippen LogP contribution >= 0.6 is 11.3 Å². The highest BCUT2D eigenvalue weighted by atomic mass is 32.1. The maximum Gasteiger partial charge on any atom is 0.0234 e. The quantitative estimate of drug-likeness (QED) is 0.263. The van der Waals surface area contributed by atoms with Crippen molar-refractivity contribution < 1.29 is 0 Å². The number of rotatable bonds is 7. The SMILES string of the molecule is c1ccc(CN2C[C@H](CN3CCC(c4ccccc4)CC3)[C@@H](c3cccc(-c4ccsc4)c3)C2)cc1. The Morgan fingerprint density at radius 1 is 0.694 bits per heavy atom. The minimum Gasteiger partial charge on any atom is -0.303 e. The molecule has 184 valence electrons. The molecule has 36 heavy (non-hydrogen) atoms. The fraction of sp³-hybridized carbons (Fsp3) is 0.333. The van der Waals surface area contributed by atoms with Crippen LogP contribution in [-0.2, 0) is 6.54 Å². The maximum absolute atomic E-state index is 2.76. The molecule has 2 atom stereocenters. The van der Waals surface area contributed by atoms with Gasteiger partial charge < -0.3 is 4.90 Å². The van der Waals surface area contributed by atoms with Crippen molar-refractivity contribution >= 4 is 11.3 Å². The monoisotopic (exact) mass is 492 g/mol. The van der Waals surface area contributed by atoms with Crippen LogP contribution in [0.5, 0.6) is 0 Å². The van der Waals surface area contributed by atoms with Crippen molar-refractivity contribution in [2.45, 2.75) is 31.2 Å². The number of nitrogens with zero attached hydrogens (tertiary/aromatic N) is 2. The Hall–Kier alpha value is -2.72. The Kier molecular flexibility index (Phi) is 7.31. The van der Waals surface area contributed by atoms with Gasteiger partial charge in [-0.1, -0.05) is 84.9 Å². The molecule has 3 aromatic carbocycles. The maximum atomic E-state index is 2.76.